The van der Waals surface area contributed by atoms with Gasteiger partial charge in [-0.2, -0.15) is 0 Å². The Morgan fingerprint density at radius 3 is 2.45 bits per heavy atom. The summed E-state index contributed by atoms with van der Waals surface area (Å²) in [6.07, 6.45) is -0.0800. The molecule has 0 rings (SSSR count). The molecule has 0 spiro atoms. The maximum absolute atomic E-state index is 11.3. The highest BCUT2D eigenvalue weighted by molar-refractivity contribution is 7.52. The van der Waals surface area contributed by atoms with Gasteiger partial charge < -0.3 is 14.8 Å². The molecule has 0 amide bonds. The van der Waals surface area contributed by atoms with Gasteiger partial charge in [-0.3, -0.25) is 4.57 Å². The summed E-state index contributed by atoms with van der Waals surface area (Å²) in [6.45, 7) is 5.70. The molecule has 1 atom stereocenters. The maximum atomic E-state index is 11.3. The highest BCUT2D eigenvalue weighted by Gasteiger charge is 2.17. The topological polar surface area (TPSA) is 61.5 Å². The number of hydrogen-bond donors (Lipinski definition) is 1. The van der Waals surface area contributed by atoms with E-state index in [2.05, 4.69) is 0 Å². The van der Waals surface area contributed by atoms with Gasteiger partial charge in [0, 0.05) is 13.2 Å². The second-order valence-electron chi connectivity index (χ2n) is 2.55. The molecule has 0 aliphatic carbocycles. The molecule has 0 aromatic rings. The van der Waals surface area contributed by atoms with Gasteiger partial charge in [-0.25, -0.2) is 0 Å². The largest absolute Gasteiger partial charge is 0.328 e. The van der Waals surface area contributed by atoms with Crippen LogP contribution in [0.2, 0.25) is 0 Å². The minimum Gasteiger partial charge on any atom is -0.328 e. The first kappa shape index (κ1) is 11.1. The van der Waals surface area contributed by atoms with E-state index in [1.165, 1.54) is 6.66 Å². The molecule has 5 heteroatoms. The Hall–Kier alpha value is 0.110. The fraction of sp³-hybridized carbons (Fsp3) is 1.00. The van der Waals surface area contributed by atoms with E-state index in [0.717, 1.165) is 0 Å². The van der Waals surface area contributed by atoms with E-state index in [9.17, 15) is 4.57 Å². The molecule has 0 bridgehead atoms. The molecule has 11 heavy (non-hydrogen) atoms. The molecule has 0 saturated heterocycles. The molecule has 0 heterocycles. The zero-order valence-electron chi connectivity index (χ0n) is 7.24. The monoisotopic (exact) mass is 181 g/mol. The molecular weight excluding hydrogens is 165 g/mol. The Bertz CT molecular complexity index is 149. The summed E-state index contributed by atoms with van der Waals surface area (Å²) in [5.41, 5.74) is 5.16. The summed E-state index contributed by atoms with van der Waals surface area (Å²) < 4.78 is 21.2. The standard InChI is InChI=1S/C6H16NO3P/c1-6(2)10-11(3,8)9-5-4-7/h6H,4-5,7H2,1-3H3. The van der Waals surface area contributed by atoms with Crippen LogP contribution in [0.5, 0.6) is 0 Å². The molecule has 2 N–H and O–H groups in total. The Morgan fingerprint density at radius 2 is 2.09 bits per heavy atom. The van der Waals surface area contributed by atoms with Crippen LogP contribution in [-0.4, -0.2) is 25.9 Å². The molecule has 0 fully saturated rings. The first-order valence-electron chi connectivity index (χ1n) is 3.58. The van der Waals surface area contributed by atoms with Gasteiger partial charge in [-0.1, -0.05) is 0 Å². The number of rotatable bonds is 5. The molecule has 1 unspecified atom stereocenters. The van der Waals surface area contributed by atoms with Crippen LogP contribution in [0.4, 0.5) is 0 Å². The zero-order valence-corrected chi connectivity index (χ0v) is 8.14. The van der Waals surface area contributed by atoms with Gasteiger partial charge in [-0.05, 0) is 13.8 Å². The maximum Gasteiger partial charge on any atom is 0.327 e. The zero-order chi connectivity index (χ0) is 8.91. The molecule has 0 radical (unpaired) electrons. The van der Waals surface area contributed by atoms with Crippen molar-refractivity contribution in [3.63, 3.8) is 0 Å². The predicted molar refractivity (Wildman–Crippen MR) is 44.8 cm³/mol. The summed E-state index contributed by atoms with van der Waals surface area (Å²) in [5.74, 6) is 0. The molecule has 0 saturated carbocycles. The van der Waals surface area contributed by atoms with Crippen LogP contribution in [0, 0.1) is 0 Å². The van der Waals surface area contributed by atoms with Gasteiger partial charge in [0.05, 0.1) is 12.7 Å². The molecule has 0 aromatic heterocycles. The van der Waals surface area contributed by atoms with Gasteiger partial charge in [0.25, 0.3) is 0 Å². The van der Waals surface area contributed by atoms with E-state index in [1.807, 2.05) is 13.8 Å². The summed E-state index contributed by atoms with van der Waals surface area (Å²) in [6, 6.07) is 0. The van der Waals surface area contributed by atoms with Crippen molar-refractivity contribution in [3.05, 3.63) is 0 Å². The van der Waals surface area contributed by atoms with Crippen molar-refractivity contribution in [2.75, 3.05) is 19.8 Å². The van der Waals surface area contributed by atoms with Crippen molar-refractivity contribution in [2.45, 2.75) is 20.0 Å². The normalized spacial score (nSPS) is 16.8. The Kier molecular flexibility index (Phi) is 4.93. The van der Waals surface area contributed by atoms with Crippen molar-refractivity contribution in [1.29, 1.82) is 0 Å². The van der Waals surface area contributed by atoms with E-state index in [1.54, 1.807) is 0 Å². The Morgan fingerprint density at radius 1 is 1.55 bits per heavy atom. The quantitative estimate of drug-likeness (QED) is 0.647. The predicted octanol–water partition coefficient (Wildman–Crippen LogP) is 1.21. The Labute approximate surface area is 67.6 Å². The lowest BCUT2D eigenvalue weighted by molar-refractivity contribution is 0.175. The van der Waals surface area contributed by atoms with Crippen LogP contribution in [0.15, 0.2) is 0 Å². The van der Waals surface area contributed by atoms with Crippen LogP contribution in [-0.2, 0) is 13.6 Å². The highest BCUT2D eigenvalue weighted by atomic mass is 31.2. The summed E-state index contributed by atoms with van der Waals surface area (Å²) in [7, 11) is -2.85. The summed E-state index contributed by atoms with van der Waals surface area (Å²) >= 11 is 0. The van der Waals surface area contributed by atoms with Crippen molar-refractivity contribution in [2.24, 2.45) is 5.73 Å². The average molecular weight is 181 g/mol. The molecular formula is C6H16NO3P. The molecule has 0 aromatic carbocycles. The highest BCUT2D eigenvalue weighted by Crippen LogP contribution is 2.44. The van der Waals surface area contributed by atoms with E-state index >= 15 is 0 Å². The second kappa shape index (κ2) is 4.88. The number of nitrogens with two attached hydrogens (primary N) is 1. The third kappa shape index (κ3) is 6.51. The minimum absolute atomic E-state index is 0.0800. The van der Waals surface area contributed by atoms with Crippen molar-refractivity contribution >= 4 is 7.60 Å². The van der Waals surface area contributed by atoms with E-state index < -0.39 is 7.60 Å². The smallest absolute Gasteiger partial charge is 0.327 e. The van der Waals surface area contributed by atoms with Crippen LogP contribution in [0.1, 0.15) is 13.8 Å². The van der Waals surface area contributed by atoms with Crippen LogP contribution < -0.4 is 5.73 Å². The van der Waals surface area contributed by atoms with Crippen molar-refractivity contribution in [3.8, 4) is 0 Å². The van der Waals surface area contributed by atoms with Gasteiger partial charge in [0.15, 0.2) is 0 Å². The first-order chi connectivity index (χ1) is 4.98. The molecule has 4 nitrogen and oxygen atoms in total. The lowest BCUT2D eigenvalue weighted by atomic mass is 10.5. The van der Waals surface area contributed by atoms with Gasteiger partial charge in [-0.15, -0.1) is 0 Å². The van der Waals surface area contributed by atoms with E-state index in [0.29, 0.717) is 6.54 Å². The van der Waals surface area contributed by atoms with Crippen molar-refractivity contribution < 1.29 is 13.6 Å². The molecule has 0 aliphatic heterocycles. The van der Waals surface area contributed by atoms with Crippen molar-refractivity contribution in [1.82, 2.24) is 0 Å². The summed E-state index contributed by atoms with van der Waals surface area (Å²) in [4.78, 5) is 0. The third-order valence-corrected chi connectivity index (χ3v) is 2.30. The van der Waals surface area contributed by atoms with Gasteiger partial charge >= 0.3 is 7.60 Å². The van der Waals surface area contributed by atoms with Crippen LogP contribution in [0.3, 0.4) is 0 Å². The number of hydrogen-bond acceptors (Lipinski definition) is 4. The van der Waals surface area contributed by atoms with Crippen LogP contribution in [0.25, 0.3) is 0 Å². The van der Waals surface area contributed by atoms with E-state index in [4.69, 9.17) is 14.8 Å². The van der Waals surface area contributed by atoms with Gasteiger partial charge in [0.1, 0.15) is 0 Å². The summed E-state index contributed by atoms with van der Waals surface area (Å²) in [5, 5.41) is 0. The fourth-order valence-corrected chi connectivity index (χ4v) is 1.90. The molecule has 68 valence electrons. The Balaban J connectivity index is 3.71. The lowest BCUT2D eigenvalue weighted by Crippen LogP contribution is -2.09. The van der Waals surface area contributed by atoms with Crippen LogP contribution >= 0.6 is 7.60 Å². The van der Waals surface area contributed by atoms with E-state index in [-0.39, 0.29) is 12.7 Å². The molecule has 0 aliphatic rings. The fourth-order valence-electron chi connectivity index (χ4n) is 0.632. The second-order valence-corrected chi connectivity index (χ2v) is 4.56. The SMILES string of the molecule is CC(C)OP(C)(=O)OCCN. The third-order valence-electron chi connectivity index (χ3n) is 0.846. The lowest BCUT2D eigenvalue weighted by Gasteiger charge is -2.15. The van der Waals surface area contributed by atoms with Gasteiger partial charge in [0.2, 0.25) is 0 Å². The minimum atomic E-state index is -2.85. The first-order valence-corrected chi connectivity index (χ1v) is 5.57. The average Bonchev–Trinajstić information content (AvgIpc) is 1.81.